The number of carbonyl (C=O) groups is 2. The van der Waals surface area contributed by atoms with Gasteiger partial charge in [-0.1, -0.05) is 54.6 Å². The lowest BCUT2D eigenvalue weighted by molar-refractivity contribution is 0.180. The van der Waals surface area contributed by atoms with Gasteiger partial charge in [-0.3, -0.25) is 0 Å². The number of amides is 4. The molecular weight excluding hydrogens is 416 g/mol. The highest BCUT2D eigenvalue weighted by atomic mass is 16.5. The van der Waals surface area contributed by atoms with Crippen molar-refractivity contribution in [2.24, 2.45) is 5.92 Å². The number of urea groups is 2. The van der Waals surface area contributed by atoms with Crippen molar-refractivity contribution >= 4 is 28.5 Å². The van der Waals surface area contributed by atoms with E-state index in [1.165, 1.54) is 5.39 Å². The van der Waals surface area contributed by atoms with Gasteiger partial charge in [-0.2, -0.15) is 0 Å². The van der Waals surface area contributed by atoms with E-state index in [0.29, 0.717) is 43.5 Å². The third-order valence-electron chi connectivity index (χ3n) is 6.12. The quantitative estimate of drug-likeness (QED) is 0.518. The topological polar surface area (TPSA) is 82.7 Å². The largest absolute Gasteiger partial charge is 0.495 e. The van der Waals surface area contributed by atoms with Crippen LogP contribution in [0.3, 0.4) is 0 Å². The molecule has 33 heavy (non-hydrogen) atoms. The first kappa shape index (κ1) is 22.5. The fourth-order valence-electron chi connectivity index (χ4n) is 4.20. The van der Waals surface area contributed by atoms with Crippen molar-refractivity contribution < 1.29 is 14.3 Å². The number of hydrogen-bond donors (Lipinski definition) is 3. The molecule has 0 aromatic heterocycles. The summed E-state index contributed by atoms with van der Waals surface area (Å²) in [5.41, 5.74) is 1.76. The van der Waals surface area contributed by atoms with E-state index < -0.39 is 0 Å². The van der Waals surface area contributed by atoms with Crippen molar-refractivity contribution in [2.45, 2.75) is 19.4 Å². The molecule has 0 atom stereocenters. The monoisotopic (exact) mass is 446 g/mol. The summed E-state index contributed by atoms with van der Waals surface area (Å²) in [6.07, 6.45) is 1.70. The molecule has 3 aromatic rings. The number of likely N-dealkylation sites (tertiary alicyclic amines) is 1. The first-order valence-electron chi connectivity index (χ1n) is 11.3. The molecule has 3 N–H and O–H groups in total. The Bertz CT molecular complexity index is 1100. The Morgan fingerprint density at radius 2 is 1.67 bits per heavy atom. The van der Waals surface area contributed by atoms with Crippen molar-refractivity contribution in [1.29, 1.82) is 0 Å². The molecule has 1 heterocycles. The van der Waals surface area contributed by atoms with Gasteiger partial charge >= 0.3 is 12.1 Å². The number of hydrogen-bond acceptors (Lipinski definition) is 3. The zero-order valence-corrected chi connectivity index (χ0v) is 18.8. The van der Waals surface area contributed by atoms with Crippen LogP contribution in [0.2, 0.25) is 0 Å². The van der Waals surface area contributed by atoms with E-state index in [1.54, 1.807) is 7.11 Å². The average molecular weight is 447 g/mol. The number of benzene rings is 3. The van der Waals surface area contributed by atoms with Crippen molar-refractivity contribution in [3.8, 4) is 5.75 Å². The lowest BCUT2D eigenvalue weighted by atomic mass is 9.97. The summed E-state index contributed by atoms with van der Waals surface area (Å²) in [5, 5.41) is 11.2. The number of ether oxygens (including phenoxy) is 1. The van der Waals surface area contributed by atoms with Crippen molar-refractivity contribution in [3.05, 3.63) is 72.3 Å². The standard InChI is InChI=1S/C26H30N4O3/c1-33-24-12-5-4-11-23(24)29-26(32)30-15-13-19(14-16-30)17-27-25(31)28-18-21-9-6-8-20-7-2-3-10-22(20)21/h2-12,19H,13-18H2,1H3,(H,29,32)(H2,27,28,31). The number of anilines is 1. The maximum absolute atomic E-state index is 12.6. The summed E-state index contributed by atoms with van der Waals surface area (Å²) in [5.74, 6) is 0.989. The Hall–Kier alpha value is -3.74. The molecule has 4 rings (SSSR count). The molecule has 0 saturated carbocycles. The fourth-order valence-corrected chi connectivity index (χ4v) is 4.20. The van der Waals surface area contributed by atoms with Crippen LogP contribution in [0.5, 0.6) is 5.75 Å². The van der Waals surface area contributed by atoms with E-state index in [1.807, 2.05) is 53.4 Å². The molecule has 0 aliphatic carbocycles. The van der Waals surface area contributed by atoms with Crippen LogP contribution in [0, 0.1) is 5.92 Å². The van der Waals surface area contributed by atoms with Crippen LogP contribution in [0.15, 0.2) is 66.7 Å². The molecule has 3 aromatic carbocycles. The maximum atomic E-state index is 12.6. The van der Waals surface area contributed by atoms with Crippen LogP contribution in [0.1, 0.15) is 18.4 Å². The van der Waals surface area contributed by atoms with Crippen molar-refractivity contribution in [2.75, 3.05) is 32.1 Å². The van der Waals surface area contributed by atoms with Gasteiger partial charge in [0, 0.05) is 26.2 Å². The number of fused-ring (bicyclic) bond motifs is 1. The molecule has 4 amide bonds. The average Bonchev–Trinajstić information content (AvgIpc) is 2.86. The minimum Gasteiger partial charge on any atom is -0.495 e. The molecule has 172 valence electrons. The molecule has 0 unspecified atom stereocenters. The summed E-state index contributed by atoms with van der Waals surface area (Å²) in [6.45, 7) is 2.40. The van der Waals surface area contributed by atoms with Crippen LogP contribution >= 0.6 is 0 Å². The molecule has 0 bridgehead atoms. The number of nitrogens with one attached hydrogen (secondary N) is 3. The normalized spacial score (nSPS) is 14.0. The van der Waals surface area contributed by atoms with Crippen LogP contribution < -0.4 is 20.7 Å². The van der Waals surface area contributed by atoms with Gasteiger partial charge in [0.15, 0.2) is 0 Å². The van der Waals surface area contributed by atoms with E-state index in [-0.39, 0.29) is 12.1 Å². The second-order valence-corrected chi connectivity index (χ2v) is 8.26. The highest BCUT2D eigenvalue weighted by Crippen LogP contribution is 2.24. The second-order valence-electron chi connectivity index (χ2n) is 8.26. The minimum absolute atomic E-state index is 0.126. The van der Waals surface area contributed by atoms with Gasteiger partial charge < -0.3 is 25.6 Å². The van der Waals surface area contributed by atoms with E-state index in [0.717, 1.165) is 23.8 Å². The third kappa shape index (κ3) is 5.74. The summed E-state index contributed by atoms with van der Waals surface area (Å²) in [7, 11) is 1.59. The molecule has 1 aliphatic rings. The van der Waals surface area contributed by atoms with Gasteiger partial charge in [-0.15, -0.1) is 0 Å². The van der Waals surface area contributed by atoms with Crippen LogP contribution in [0.4, 0.5) is 15.3 Å². The zero-order valence-electron chi connectivity index (χ0n) is 18.8. The van der Waals surface area contributed by atoms with Gasteiger partial charge in [-0.25, -0.2) is 9.59 Å². The SMILES string of the molecule is COc1ccccc1NC(=O)N1CCC(CNC(=O)NCc2cccc3ccccc23)CC1. The summed E-state index contributed by atoms with van der Waals surface area (Å²) in [4.78, 5) is 26.7. The Morgan fingerprint density at radius 1 is 0.939 bits per heavy atom. The van der Waals surface area contributed by atoms with Gasteiger partial charge in [0.2, 0.25) is 0 Å². The molecule has 7 nitrogen and oxygen atoms in total. The smallest absolute Gasteiger partial charge is 0.321 e. The van der Waals surface area contributed by atoms with Crippen LogP contribution in [-0.4, -0.2) is 43.7 Å². The van der Waals surface area contributed by atoms with Crippen LogP contribution in [-0.2, 0) is 6.54 Å². The molecule has 0 spiro atoms. The van der Waals surface area contributed by atoms with Gasteiger partial charge in [0.25, 0.3) is 0 Å². The minimum atomic E-state index is -0.167. The Labute approximate surface area is 194 Å². The second kappa shape index (κ2) is 10.7. The highest BCUT2D eigenvalue weighted by Gasteiger charge is 2.23. The summed E-state index contributed by atoms with van der Waals surface area (Å²) < 4.78 is 5.29. The first-order chi connectivity index (χ1) is 16.1. The fraction of sp³-hybridized carbons (Fsp3) is 0.308. The first-order valence-corrected chi connectivity index (χ1v) is 11.3. The lowest BCUT2D eigenvalue weighted by Crippen LogP contribution is -2.44. The van der Waals surface area contributed by atoms with Gasteiger partial charge in [0.1, 0.15) is 5.75 Å². The number of carbonyl (C=O) groups excluding carboxylic acids is 2. The highest BCUT2D eigenvalue weighted by molar-refractivity contribution is 5.91. The van der Waals surface area contributed by atoms with E-state index in [9.17, 15) is 9.59 Å². The summed E-state index contributed by atoms with van der Waals surface area (Å²) >= 11 is 0. The number of nitrogens with zero attached hydrogens (tertiary/aromatic N) is 1. The van der Waals surface area contributed by atoms with Gasteiger partial charge in [-0.05, 0) is 47.2 Å². The molecule has 7 heteroatoms. The molecule has 1 saturated heterocycles. The predicted molar refractivity (Wildman–Crippen MR) is 130 cm³/mol. The van der Waals surface area contributed by atoms with Crippen LogP contribution in [0.25, 0.3) is 10.8 Å². The Kier molecular flexibility index (Phi) is 7.29. The number of methoxy groups -OCH3 is 1. The molecule has 1 aliphatic heterocycles. The van der Waals surface area contributed by atoms with Crippen molar-refractivity contribution in [3.63, 3.8) is 0 Å². The molecule has 0 radical (unpaired) electrons. The van der Waals surface area contributed by atoms with E-state index in [2.05, 4.69) is 34.1 Å². The zero-order chi connectivity index (χ0) is 23.0. The Morgan fingerprint density at radius 3 is 2.48 bits per heavy atom. The number of para-hydroxylation sites is 2. The number of rotatable bonds is 6. The predicted octanol–water partition coefficient (Wildman–Crippen LogP) is 4.59. The Balaban J connectivity index is 1.19. The third-order valence-corrected chi connectivity index (χ3v) is 6.12. The maximum Gasteiger partial charge on any atom is 0.321 e. The molecular formula is C26H30N4O3. The van der Waals surface area contributed by atoms with E-state index >= 15 is 0 Å². The number of piperidine rings is 1. The molecule has 1 fully saturated rings. The lowest BCUT2D eigenvalue weighted by Gasteiger charge is -2.32. The summed E-state index contributed by atoms with van der Waals surface area (Å²) in [6, 6.07) is 21.4. The van der Waals surface area contributed by atoms with E-state index in [4.69, 9.17) is 4.74 Å². The van der Waals surface area contributed by atoms with Gasteiger partial charge in [0.05, 0.1) is 12.8 Å². The van der Waals surface area contributed by atoms with Crippen molar-refractivity contribution in [1.82, 2.24) is 15.5 Å².